The van der Waals surface area contributed by atoms with Crippen LogP contribution in [0.15, 0.2) is 22.7 Å². The molecule has 0 aromatic heterocycles. The number of aromatic hydroxyl groups is 1. The number of phenols is 1. The molecular weight excluding hydrogens is 254 g/mol. The minimum Gasteiger partial charge on any atom is -0.506 e. The summed E-state index contributed by atoms with van der Waals surface area (Å²) in [5.41, 5.74) is 0.956. The van der Waals surface area contributed by atoms with E-state index in [0.717, 1.165) is 35.0 Å². The first-order chi connectivity index (χ1) is 7.18. The Balaban J connectivity index is 1.85. The molecule has 82 valence electrons. The van der Waals surface area contributed by atoms with Crippen LogP contribution < -0.4 is 5.32 Å². The Bertz CT molecular complexity index is 353. The van der Waals surface area contributed by atoms with Gasteiger partial charge in [0.25, 0.3) is 0 Å². The van der Waals surface area contributed by atoms with Crippen molar-refractivity contribution in [2.75, 3.05) is 6.54 Å². The van der Waals surface area contributed by atoms with Crippen LogP contribution >= 0.6 is 15.9 Å². The topological polar surface area (TPSA) is 32.3 Å². The van der Waals surface area contributed by atoms with Gasteiger partial charge in [-0.1, -0.05) is 19.1 Å². The van der Waals surface area contributed by atoms with Crippen LogP contribution in [0.3, 0.4) is 0 Å². The lowest BCUT2D eigenvalue weighted by Gasteiger charge is -2.07. The van der Waals surface area contributed by atoms with Crippen molar-refractivity contribution in [3.63, 3.8) is 0 Å². The van der Waals surface area contributed by atoms with Crippen molar-refractivity contribution in [2.24, 2.45) is 11.8 Å². The molecule has 2 rings (SSSR count). The summed E-state index contributed by atoms with van der Waals surface area (Å²) in [7, 11) is 0. The van der Waals surface area contributed by atoms with E-state index in [1.54, 1.807) is 0 Å². The van der Waals surface area contributed by atoms with E-state index in [9.17, 15) is 5.11 Å². The second-order valence-electron chi connectivity index (χ2n) is 4.35. The zero-order valence-corrected chi connectivity index (χ0v) is 10.4. The van der Waals surface area contributed by atoms with Gasteiger partial charge in [0, 0.05) is 12.1 Å². The number of rotatable bonds is 4. The highest BCUT2D eigenvalue weighted by Crippen LogP contribution is 2.37. The van der Waals surface area contributed by atoms with Crippen LogP contribution in [-0.4, -0.2) is 11.7 Å². The van der Waals surface area contributed by atoms with Crippen molar-refractivity contribution in [1.82, 2.24) is 5.32 Å². The average molecular weight is 270 g/mol. The Morgan fingerprint density at radius 2 is 2.27 bits per heavy atom. The minimum absolute atomic E-state index is 0.355. The standard InChI is InChI=1S/C12H16BrNO/c1-8-5-10(8)7-14-6-9-3-2-4-11(13)12(9)15/h2-4,8,10,14-15H,5-7H2,1H3. The van der Waals surface area contributed by atoms with Crippen molar-refractivity contribution in [1.29, 1.82) is 0 Å². The first-order valence-electron chi connectivity index (χ1n) is 5.35. The molecule has 2 nitrogen and oxygen atoms in total. The second-order valence-corrected chi connectivity index (χ2v) is 5.21. The molecule has 0 heterocycles. The highest BCUT2D eigenvalue weighted by atomic mass is 79.9. The van der Waals surface area contributed by atoms with Crippen molar-refractivity contribution >= 4 is 15.9 Å². The Labute approximate surface area is 98.8 Å². The lowest BCUT2D eigenvalue weighted by atomic mass is 10.2. The summed E-state index contributed by atoms with van der Waals surface area (Å²) in [6, 6.07) is 5.74. The largest absolute Gasteiger partial charge is 0.506 e. The van der Waals surface area contributed by atoms with Crippen LogP contribution in [0.1, 0.15) is 18.9 Å². The Morgan fingerprint density at radius 3 is 2.93 bits per heavy atom. The number of hydrogen-bond donors (Lipinski definition) is 2. The SMILES string of the molecule is CC1CC1CNCc1cccc(Br)c1O. The Hall–Kier alpha value is -0.540. The molecule has 1 aliphatic carbocycles. The van der Waals surface area contributed by atoms with Gasteiger partial charge < -0.3 is 10.4 Å². The molecule has 0 saturated heterocycles. The van der Waals surface area contributed by atoms with E-state index in [2.05, 4.69) is 28.2 Å². The monoisotopic (exact) mass is 269 g/mol. The van der Waals surface area contributed by atoms with Crippen LogP contribution in [0.5, 0.6) is 5.75 Å². The molecule has 1 fully saturated rings. The molecule has 2 atom stereocenters. The average Bonchev–Trinajstić information content (AvgIpc) is 2.89. The number of halogens is 1. The second kappa shape index (κ2) is 4.54. The van der Waals surface area contributed by atoms with Gasteiger partial charge in [-0.05, 0) is 46.8 Å². The molecule has 1 saturated carbocycles. The van der Waals surface area contributed by atoms with Crippen molar-refractivity contribution in [3.05, 3.63) is 28.2 Å². The summed E-state index contributed by atoms with van der Waals surface area (Å²) in [6.45, 7) is 4.09. The normalized spacial score (nSPS) is 24.1. The van der Waals surface area contributed by atoms with Gasteiger partial charge in [0.1, 0.15) is 5.75 Å². The van der Waals surface area contributed by atoms with Crippen LogP contribution in [-0.2, 0) is 6.54 Å². The Kier molecular flexibility index (Phi) is 3.32. The molecule has 1 aliphatic rings. The summed E-state index contributed by atoms with van der Waals surface area (Å²) in [6.07, 6.45) is 1.34. The van der Waals surface area contributed by atoms with Gasteiger partial charge in [0.2, 0.25) is 0 Å². The summed E-state index contributed by atoms with van der Waals surface area (Å²) in [4.78, 5) is 0. The van der Waals surface area contributed by atoms with E-state index in [1.807, 2.05) is 18.2 Å². The van der Waals surface area contributed by atoms with E-state index in [-0.39, 0.29) is 0 Å². The Morgan fingerprint density at radius 1 is 1.53 bits per heavy atom. The van der Waals surface area contributed by atoms with Crippen molar-refractivity contribution in [2.45, 2.75) is 19.9 Å². The molecule has 2 N–H and O–H groups in total. The first kappa shape index (κ1) is 11.0. The highest BCUT2D eigenvalue weighted by Gasteiger charge is 2.31. The quantitative estimate of drug-likeness (QED) is 0.881. The van der Waals surface area contributed by atoms with E-state index < -0.39 is 0 Å². The van der Waals surface area contributed by atoms with Crippen LogP contribution in [0.4, 0.5) is 0 Å². The lowest BCUT2D eigenvalue weighted by Crippen LogP contribution is -2.16. The fraction of sp³-hybridized carbons (Fsp3) is 0.500. The summed E-state index contributed by atoms with van der Waals surface area (Å²) in [5, 5.41) is 13.1. The number of phenolic OH excluding ortho intramolecular Hbond substituents is 1. The summed E-state index contributed by atoms with van der Waals surface area (Å²) < 4.78 is 0.765. The van der Waals surface area contributed by atoms with E-state index in [0.29, 0.717) is 5.75 Å². The zero-order chi connectivity index (χ0) is 10.8. The third kappa shape index (κ3) is 2.73. The van der Waals surface area contributed by atoms with Gasteiger partial charge in [-0.3, -0.25) is 0 Å². The fourth-order valence-electron chi connectivity index (χ4n) is 1.78. The third-order valence-electron chi connectivity index (χ3n) is 3.07. The summed E-state index contributed by atoms with van der Waals surface area (Å²) >= 11 is 3.31. The molecule has 0 spiro atoms. The maximum Gasteiger partial charge on any atom is 0.134 e. The van der Waals surface area contributed by atoms with Gasteiger partial charge in [-0.25, -0.2) is 0 Å². The van der Waals surface area contributed by atoms with E-state index in [4.69, 9.17) is 0 Å². The van der Waals surface area contributed by atoms with Gasteiger partial charge >= 0.3 is 0 Å². The first-order valence-corrected chi connectivity index (χ1v) is 6.15. The van der Waals surface area contributed by atoms with Gasteiger partial charge in [0.05, 0.1) is 4.47 Å². The molecule has 1 aromatic carbocycles. The van der Waals surface area contributed by atoms with Crippen LogP contribution in [0.25, 0.3) is 0 Å². The third-order valence-corrected chi connectivity index (χ3v) is 3.71. The predicted molar refractivity (Wildman–Crippen MR) is 64.8 cm³/mol. The molecule has 0 bridgehead atoms. The van der Waals surface area contributed by atoms with Crippen molar-refractivity contribution in [3.8, 4) is 5.75 Å². The van der Waals surface area contributed by atoms with Gasteiger partial charge in [-0.2, -0.15) is 0 Å². The van der Waals surface area contributed by atoms with Crippen molar-refractivity contribution < 1.29 is 5.11 Å². The van der Waals surface area contributed by atoms with Crippen LogP contribution in [0, 0.1) is 11.8 Å². The molecule has 1 aromatic rings. The van der Waals surface area contributed by atoms with E-state index >= 15 is 0 Å². The smallest absolute Gasteiger partial charge is 0.134 e. The predicted octanol–water partition coefficient (Wildman–Crippen LogP) is 2.90. The fourth-order valence-corrected chi connectivity index (χ4v) is 2.19. The molecule has 0 radical (unpaired) electrons. The molecule has 3 heteroatoms. The molecular formula is C12H16BrNO. The molecule has 0 aliphatic heterocycles. The minimum atomic E-state index is 0.355. The number of nitrogens with one attached hydrogen (secondary N) is 1. The van der Waals surface area contributed by atoms with E-state index in [1.165, 1.54) is 6.42 Å². The molecule has 2 unspecified atom stereocenters. The number of hydrogen-bond acceptors (Lipinski definition) is 2. The lowest BCUT2D eigenvalue weighted by molar-refractivity contribution is 0.460. The van der Waals surface area contributed by atoms with Gasteiger partial charge in [0.15, 0.2) is 0 Å². The van der Waals surface area contributed by atoms with Gasteiger partial charge in [-0.15, -0.1) is 0 Å². The molecule has 15 heavy (non-hydrogen) atoms. The zero-order valence-electron chi connectivity index (χ0n) is 8.83. The molecule has 0 amide bonds. The maximum atomic E-state index is 9.74. The maximum absolute atomic E-state index is 9.74. The number of para-hydroxylation sites is 1. The number of benzene rings is 1. The summed E-state index contributed by atoms with van der Waals surface area (Å²) in [5.74, 6) is 2.08. The highest BCUT2D eigenvalue weighted by molar-refractivity contribution is 9.10. The van der Waals surface area contributed by atoms with Crippen LogP contribution in [0.2, 0.25) is 0 Å².